The van der Waals surface area contributed by atoms with E-state index in [4.69, 9.17) is 5.10 Å². The van der Waals surface area contributed by atoms with Gasteiger partial charge in [0, 0.05) is 28.4 Å². The molecule has 1 amide bonds. The molecule has 5 nitrogen and oxygen atoms in total. The maximum atomic E-state index is 13.2. The lowest BCUT2D eigenvalue weighted by molar-refractivity contribution is -0.116. The largest absolute Gasteiger partial charge is 0.337 e. The molecular formula is C29H23FN4O. The van der Waals surface area contributed by atoms with Gasteiger partial charge in [-0.15, -0.1) is 0 Å². The van der Waals surface area contributed by atoms with Crippen molar-refractivity contribution >= 4 is 40.1 Å². The minimum absolute atomic E-state index is 0.118. The first-order valence-corrected chi connectivity index (χ1v) is 11.2. The average molecular weight is 463 g/mol. The van der Waals surface area contributed by atoms with Gasteiger partial charge >= 0.3 is 0 Å². The highest BCUT2D eigenvalue weighted by atomic mass is 19.1. The monoisotopic (exact) mass is 462 g/mol. The fraction of sp³-hybridized carbons (Fsp3) is 0.0345. The topological polar surface area (TPSA) is 49.6 Å². The Balaban J connectivity index is 1.44. The molecule has 0 aliphatic carbocycles. The van der Waals surface area contributed by atoms with Gasteiger partial charge in [-0.1, -0.05) is 54.6 Å². The van der Waals surface area contributed by atoms with Crippen LogP contribution in [0.5, 0.6) is 0 Å². The van der Waals surface area contributed by atoms with Crippen molar-refractivity contribution in [3.8, 4) is 0 Å². The molecule has 0 radical (unpaired) electrons. The number of halogens is 1. The van der Waals surface area contributed by atoms with Gasteiger partial charge in [-0.3, -0.25) is 4.79 Å². The molecule has 0 saturated carbocycles. The number of benzene rings is 4. The molecular weight excluding hydrogens is 439 g/mol. The van der Waals surface area contributed by atoms with E-state index < -0.39 is 0 Å². The smallest absolute Gasteiger partial charge is 0.244 e. The van der Waals surface area contributed by atoms with E-state index in [0.717, 1.165) is 27.8 Å². The van der Waals surface area contributed by atoms with E-state index in [1.807, 2.05) is 107 Å². The zero-order chi connectivity index (χ0) is 24.0. The van der Waals surface area contributed by atoms with Gasteiger partial charge in [0.05, 0.1) is 17.6 Å². The molecule has 1 aromatic heterocycles. The van der Waals surface area contributed by atoms with E-state index in [0.29, 0.717) is 5.69 Å². The lowest BCUT2D eigenvalue weighted by Gasteiger charge is -2.19. The number of amides is 1. The van der Waals surface area contributed by atoms with Gasteiger partial charge < -0.3 is 9.88 Å². The Kier molecular flexibility index (Phi) is 6.35. The average Bonchev–Trinajstić information content (AvgIpc) is 3.24. The van der Waals surface area contributed by atoms with Gasteiger partial charge in [-0.2, -0.15) is 5.10 Å². The predicted molar refractivity (Wildman–Crippen MR) is 140 cm³/mol. The van der Waals surface area contributed by atoms with Gasteiger partial charge in [0.1, 0.15) is 12.4 Å². The first-order valence-electron chi connectivity index (χ1n) is 11.2. The van der Waals surface area contributed by atoms with Crippen LogP contribution in [0, 0.1) is 5.82 Å². The highest BCUT2D eigenvalue weighted by Crippen LogP contribution is 2.26. The van der Waals surface area contributed by atoms with Crippen LogP contribution >= 0.6 is 0 Å². The number of hydrogen-bond donors (Lipinski definition) is 1. The summed E-state index contributed by atoms with van der Waals surface area (Å²) < 4.78 is 15.1. The Bertz CT molecular complexity index is 1420. The van der Waals surface area contributed by atoms with Crippen LogP contribution in [0.3, 0.4) is 0 Å². The van der Waals surface area contributed by atoms with Crippen LogP contribution in [0.4, 0.5) is 21.5 Å². The van der Waals surface area contributed by atoms with Crippen LogP contribution in [0.25, 0.3) is 10.9 Å². The molecule has 1 heterocycles. The van der Waals surface area contributed by atoms with E-state index in [9.17, 15) is 9.18 Å². The molecule has 0 bridgehead atoms. The molecule has 1 N–H and O–H groups in total. The second-order valence-corrected chi connectivity index (χ2v) is 8.01. The molecule has 5 aromatic rings. The quantitative estimate of drug-likeness (QED) is 0.219. The number of aromatic nitrogens is 1. The van der Waals surface area contributed by atoms with Crippen molar-refractivity contribution in [2.75, 3.05) is 10.3 Å². The third-order valence-electron chi connectivity index (χ3n) is 5.58. The molecule has 35 heavy (non-hydrogen) atoms. The van der Waals surface area contributed by atoms with E-state index in [-0.39, 0.29) is 18.3 Å². The molecule has 5 rings (SSSR count). The minimum Gasteiger partial charge on any atom is -0.337 e. The Morgan fingerprint density at radius 2 is 1.43 bits per heavy atom. The normalized spacial score (nSPS) is 11.1. The van der Waals surface area contributed by atoms with E-state index in [1.54, 1.807) is 12.1 Å². The third-order valence-corrected chi connectivity index (χ3v) is 5.58. The number of fused-ring (bicyclic) bond motifs is 1. The number of rotatable bonds is 7. The van der Waals surface area contributed by atoms with Gasteiger partial charge in [0.25, 0.3) is 0 Å². The summed E-state index contributed by atoms with van der Waals surface area (Å²) in [4.78, 5) is 12.7. The maximum Gasteiger partial charge on any atom is 0.244 e. The van der Waals surface area contributed by atoms with Crippen molar-refractivity contribution in [3.63, 3.8) is 0 Å². The third kappa shape index (κ3) is 5.12. The summed E-state index contributed by atoms with van der Waals surface area (Å²) in [7, 11) is 0. The first kappa shape index (κ1) is 22.1. The van der Waals surface area contributed by atoms with Crippen LogP contribution in [0.1, 0.15) is 5.56 Å². The van der Waals surface area contributed by atoms with Crippen LogP contribution in [0.2, 0.25) is 0 Å². The van der Waals surface area contributed by atoms with Crippen LogP contribution in [-0.2, 0) is 11.3 Å². The predicted octanol–water partition coefficient (Wildman–Crippen LogP) is 6.59. The Morgan fingerprint density at radius 3 is 2.09 bits per heavy atom. The van der Waals surface area contributed by atoms with Crippen LogP contribution in [-0.4, -0.2) is 16.7 Å². The molecule has 0 fully saturated rings. The number of hydrazone groups is 1. The number of nitrogens with one attached hydrogen (secondary N) is 1. The van der Waals surface area contributed by atoms with E-state index in [1.165, 1.54) is 12.1 Å². The van der Waals surface area contributed by atoms with Crippen molar-refractivity contribution in [1.29, 1.82) is 0 Å². The molecule has 172 valence electrons. The fourth-order valence-corrected chi connectivity index (χ4v) is 3.94. The zero-order valence-electron chi connectivity index (χ0n) is 18.9. The van der Waals surface area contributed by atoms with E-state index in [2.05, 4.69) is 5.32 Å². The lowest BCUT2D eigenvalue weighted by Crippen LogP contribution is -2.18. The molecule has 0 saturated heterocycles. The van der Waals surface area contributed by atoms with Crippen molar-refractivity contribution < 1.29 is 9.18 Å². The molecule has 4 aromatic carbocycles. The SMILES string of the molecule is O=C(Cn1cc(/C=N\N(c2ccccc2)c2ccccc2)c2ccccc21)Nc1ccc(F)cc1. The number of anilines is 3. The molecule has 6 heteroatoms. The summed E-state index contributed by atoms with van der Waals surface area (Å²) in [5, 5.41) is 10.5. The number of carbonyl (C=O) groups excluding carboxylic acids is 1. The highest BCUT2D eigenvalue weighted by molar-refractivity contribution is 6.01. The molecule has 0 aliphatic heterocycles. The van der Waals surface area contributed by atoms with Crippen molar-refractivity contribution in [1.82, 2.24) is 4.57 Å². The van der Waals surface area contributed by atoms with Crippen molar-refractivity contribution in [2.45, 2.75) is 6.54 Å². The molecule has 0 atom stereocenters. The summed E-state index contributed by atoms with van der Waals surface area (Å²) in [6.07, 6.45) is 3.74. The number of para-hydroxylation sites is 3. The summed E-state index contributed by atoms with van der Waals surface area (Å²) in [6, 6.07) is 33.5. The summed E-state index contributed by atoms with van der Waals surface area (Å²) in [6.45, 7) is 0.118. The summed E-state index contributed by atoms with van der Waals surface area (Å²) in [5.74, 6) is -0.542. The Hall–Kier alpha value is -4.71. The lowest BCUT2D eigenvalue weighted by atomic mass is 10.2. The van der Waals surface area contributed by atoms with Crippen LogP contribution < -0.4 is 10.3 Å². The highest BCUT2D eigenvalue weighted by Gasteiger charge is 2.12. The second-order valence-electron chi connectivity index (χ2n) is 8.01. The van der Waals surface area contributed by atoms with Gasteiger partial charge in [0.2, 0.25) is 5.91 Å². The summed E-state index contributed by atoms with van der Waals surface area (Å²) in [5.41, 5.74) is 4.26. The Morgan fingerprint density at radius 1 is 0.829 bits per heavy atom. The van der Waals surface area contributed by atoms with E-state index >= 15 is 0 Å². The number of carbonyl (C=O) groups is 1. The molecule has 0 spiro atoms. The van der Waals surface area contributed by atoms with Gasteiger partial charge in [-0.25, -0.2) is 9.40 Å². The minimum atomic E-state index is -0.344. The second kappa shape index (κ2) is 10.1. The molecule has 0 aliphatic rings. The Labute approximate surface area is 202 Å². The zero-order valence-corrected chi connectivity index (χ0v) is 18.9. The number of hydrogen-bond acceptors (Lipinski definition) is 3. The standard InChI is InChI=1S/C29H23FN4O/c30-23-15-17-24(18-16-23)32-29(35)21-33-20-22(27-13-7-8-14-28(27)33)19-31-34(25-9-3-1-4-10-25)26-11-5-2-6-12-26/h1-20H,21H2,(H,32,35)/b31-19-. The van der Waals surface area contributed by atoms with Gasteiger partial charge in [0.15, 0.2) is 0 Å². The fourth-order valence-electron chi connectivity index (χ4n) is 3.94. The number of nitrogens with zero attached hydrogens (tertiary/aromatic N) is 3. The molecule has 0 unspecified atom stereocenters. The first-order chi connectivity index (χ1) is 17.2. The maximum absolute atomic E-state index is 13.2. The van der Waals surface area contributed by atoms with Crippen molar-refractivity contribution in [3.05, 3.63) is 127 Å². The van der Waals surface area contributed by atoms with Crippen molar-refractivity contribution in [2.24, 2.45) is 5.10 Å². The summed E-state index contributed by atoms with van der Waals surface area (Å²) >= 11 is 0. The van der Waals surface area contributed by atoms with Crippen LogP contribution in [0.15, 0.2) is 120 Å². The van der Waals surface area contributed by atoms with Gasteiger partial charge in [-0.05, 0) is 54.6 Å².